The van der Waals surface area contributed by atoms with E-state index in [-0.39, 0.29) is 12.1 Å². The Hall–Kier alpha value is -2.28. The highest BCUT2D eigenvalue weighted by atomic mass is 31.2. The standard InChI is InChI=1S/C16H8F17O4P/c17-8(9(18)11(21,22)23)10(19,20)12(24,25)13(26,27)14(28,29)15(30,31)16(32,33)37-7-3-1-6(2-4-7)5-38(34,35)36/h1-4H,5H2,(H2,34,35,36)/b9-8+. The zero-order valence-corrected chi connectivity index (χ0v) is 18.0. The maximum atomic E-state index is 13.8. The smallest absolute Gasteiger partial charge is 0.428 e. The van der Waals surface area contributed by atoms with E-state index in [1.165, 1.54) is 0 Å². The summed E-state index contributed by atoms with van der Waals surface area (Å²) in [5.74, 6) is -52.9. The molecule has 220 valence electrons. The third kappa shape index (κ3) is 5.83. The first-order valence-corrected chi connectivity index (χ1v) is 10.5. The van der Waals surface area contributed by atoms with Crippen molar-refractivity contribution in [3.8, 4) is 5.75 Å². The average Bonchev–Trinajstić information content (AvgIpc) is 2.71. The molecule has 2 N–H and O–H groups in total. The number of hydrogen-bond acceptors (Lipinski definition) is 2. The average molecular weight is 618 g/mol. The van der Waals surface area contributed by atoms with Gasteiger partial charge in [0, 0.05) is 0 Å². The van der Waals surface area contributed by atoms with E-state index in [0.717, 1.165) is 0 Å². The normalized spacial score (nSPS) is 15.9. The molecular weight excluding hydrogens is 610 g/mol. The first kappa shape index (κ1) is 33.7. The molecule has 0 atom stereocenters. The van der Waals surface area contributed by atoms with Crippen LogP contribution in [0.25, 0.3) is 0 Å². The van der Waals surface area contributed by atoms with Crippen LogP contribution in [0.4, 0.5) is 74.6 Å². The lowest BCUT2D eigenvalue weighted by Gasteiger charge is -2.40. The maximum absolute atomic E-state index is 13.8. The van der Waals surface area contributed by atoms with Gasteiger partial charge in [0.05, 0.1) is 6.16 Å². The molecule has 0 saturated heterocycles. The summed E-state index contributed by atoms with van der Waals surface area (Å²) in [5.41, 5.74) is -0.430. The van der Waals surface area contributed by atoms with E-state index in [1.54, 1.807) is 0 Å². The van der Waals surface area contributed by atoms with Crippen molar-refractivity contribution in [2.45, 2.75) is 48.1 Å². The number of rotatable bonds is 10. The van der Waals surface area contributed by atoms with Crippen molar-refractivity contribution in [2.75, 3.05) is 0 Å². The molecule has 0 aromatic heterocycles. The number of halogens is 17. The van der Waals surface area contributed by atoms with Crippen LogP contribution in [0.2, 0.25) is 0 Å². The zero-order valence-electron chi connectivity index (χ0n) is 17.1. The summed E-state index contributed by atoms with van der Waals surface area (Å²) in [6.07, 6.45) is -15.1. The Kier molecular flexibility index (Phi) is 8.64. The summed E-state index contributed by atoms with van der Waals surface area (Å²) < 4.78 is 239. The van der Waals surface area contributed by atoms with Crippen molar-refractivity contribution in [3.05, 3.63) is 41.5 Å². The second-order valence-corrected chi connectivity index (χ2v) is 8.73. The Balaban J connectivity index is 3.51. The molecule has 0 aliphatic rings. The first-order valence-electron chi connectivity index (χ1n) is 8.69. The monoisotopic (exact) mass is 618 g/mol. The molecule has 1 aromatic rings. The van der Waals surface area contributed by atoms with Gasteiger partial charge in [-0.15, -0.1) is 0 Å². The molecule has 0 bridgehead atoms. The van der Waals surface area contributed by atoms with Crippen molar-refractivity contribution in [1.82, 2.24) is 0 Å². The fourth-order valence-electron chi connectivity index (χ4n) is 2.29. The first-order chi connectivity index (χ1) is 16.5. The third-order valence-electron chi connectivity index (χ3n) is 4.22. The summed E-state index contributed by atoms with van der Waals surface area (Å²) >= 11 is 0. The maximum Gasteiger partial charge on any atom is 0.471 e. The van der Waals surface area contributed by atoms with Gasteiger partial charge in [0.25, 0.3) is 0 Å². The van der Waals surface area contributed by atoms with E-state index in [1.807, 2.05) is 0 Å². The van der Waals surface area contributed by atoms with Crippen LogP contribution in [0.3, 0.4) is 0 Å². The van der Waals surface area contributed by atoms with Crippen LogP contribution in [-0.4, -0.2) is 51.7 Å². The van der Waals surface area contributed by atoms with Crippen molar-refractivity contribution >= 4 is 7.60 Å². The van der Waals surface area contributed by atoms with Crippen LogP contribution in [0.1, 0.15) is 5.56 Å². The van der Waals surface area contributed by atoms with Crippen LogP contribution in [-0.2, 0) is 10.7 Å². The molecule has 0 spiro atoms. The number of allylic oxidation sites excluding steroid dienone is 2. The lowest BCUT2D eigenvalue weighted by molar-refractivity contribution is -0.444. The molecule has 1 rings (SSSR count). The van der Waals surface area contributed by atoms with Crippen LogP contribution in [0, 0.1) is 0 Å². The summed E-state index contributed by atoms with van der Waals surface area (Å²) in [6, 6.07) is 1.09. The fourth-order valence-corrected chi connectivity index (χ4v) is 2.97. The predicted octanol–water partition coefficient (Wildman–Crippen LogP) is 7.23. The van der Waals surface area contributed by atoms with E-state index in [0.29, 0.717) is 12.1 Å². The van der Waals surface area contributed by atoms with E-state index in [2.05, 4.69) is 4.74 Å². The summed E-state index contributed by atoms with van der Waals surface area (Å²) in [5, 5.41) is 0. The summed E-state index contributed by atoms with van der Waals surface area (Å²) in [4.78, 5) is 17.4. The molecule has 0 radical (unpaired) electrons. The molecule has 0 aliphatic carbocycles. The van der Waals surface area contributed by atoms with Gasteiger partial charge in [-0.3, -0.25) is 4.57 Å². The molecule has 1 aromatic carbocycles. The Labute approximate surface area is 197 Å². The number of ether oxygens (including phenoxy) is 1. The summed E-state index contributed by atoms with van der Waals surface area (Å²) in [6.45, 7) is 0. The molecule has 4 nitrogen and oxygen atoms in total. The van der Waals surface area contributed by atoms with Gasteiger partial charge in [0.2, 0.25) is 11.7 Å². The fraction of sp³-hybridized carbons (Fsp3) is 0.500. The Bertz CT molecular complexity index is 1090. The quantitative estimate of drug-likeness (QED) is 0.215. The third-order valence-corrected chi connectivity index (χ3v) is 5.00. The molecule has 0 fully saturated rings. The SMILES string of the molecule is O=P(O)(O)Cc1ccc(OC(F)(F)C(F)(F)C(F)(F)C(F)(F)C(F)(F)C(F)(F)/C(F)=C(\F)C(F)(F)F)cc1. The highest BCUT2D eigenvalue weighted by Crippen LogP contribution is 2.61. The lowest BCUT2D eigenvalue weighted by Crippen LogP contribution is -2.71. The minimum Gasteiger partial charge on any atom is -0.428 e. The molecule has 0 saturated carbocycles. The van der Waals surface area contributed by atoms with E-state index < -0.39 is 78.6 Å². The largest absolute Gasteiger partial charge is 0.471 e. The van der Waals surface area contributed by atoms with Crippen molar-refractivity contribution in [1.29, 1.82) is 0 Å². The highest BCUT2D eigenvalue weighted by molar-refractivity contribution is 7.50. The van der Waals surface area contributed by atoms with Crippen molar-refractivity contribution in [2.24, 2.45) is 0 Å². The van der Waals surface area contributed by atoms with Crippen molar-refractivity contribution < 1.29 is 93.7 Å². The molecule has 38 heavy (non-hydrogen) atoms. The van der Waals surface area contributed by atoms with Crippen LogP contribution >= 0.6 is 7.60 Å². The number of benzene rings is 1. The van der Waals surface area contributed by atoms with Crippen LogP contribution in [0.15, 0.2) is 35.9 Å². The van der Waals surface area contributed by atoms with Gasteiger partial charge in [0.15, 0.2) is 0 Å². The highest BCUT2D eigenvalue weighted by Gasteiger charge is 2.92. The second-order valence-electron chi connectivity index (χ2n) is 7.08. The molecule has 0 heterocycles. The molecule has 0 unspecified atom stereocenters. The summed E-state index contributed by atoms with van der Waals surface area (Å²) in [7, 11) is -4.80. The second kappa shape index (κ2) is 9.72. The lowest BCUT2D eigenvalue weighted by atomic mass is 9.93. The number of hydrogen-bond donors (Lipinski definition) is 2. The Morgan fingerprint density at radius 3 is 1.42 bits per heavy atom. The molecule has 0 amide bonds. The minimum absolute atomic E-state index is 0.105. The van der Waals surface area contributed by atoms with Gasteiger partial charge in [-0.25, -0.2) is 4.39 Å². The van der Waals surface area contributed by atoms with Crippen LogP contribution in [0.5, 0.6) is 5.75 Å². The van der Waals surface area contributed by atoms with Gasteiger partial charge in [-0.05, 0) is 17.7 Å². The zero-order chi connectivity index (χ0) is 30.6. The van der Waals surface area contributed by atoms with Gasteiger partial charge < -0.3 is 14.5 Å². The topological polar surface area (TPSA) is 66.8 Å². The molecule has 0 aliphatic heterocycles. The van der Waals surface area contributed by atoms with Crippen LogP contribution < -0.4 is 4.74 Å². The predicted molar refractivity (Wildman–Crippen MR) is 87.8 cm³/mol. The van der Waals surface area contributed by atoms with Gasteiger partial charge in [-0.2, -0.15) is 70.2 Å². The molecule has 22 heteroatoms. The van der Waals surface area contributed by atoms with E-state index >= 15 is 0 Å². The van der Waals surface area contributed by atoms with Gasteiger partial charge >= 0.3 is 49.5 Å². The van der Waals surface area contributed by atoms with Crippen molar-refractivity contribution in [3.63, 3.8) is 0 Å². The van der Waals surface area contributed by atoms with Gasteiger partial charge in [0.1, 0.15) is 5.75 Å². The van der Waals surface area contributed by atoms with E-state index in [9.17, 15) is 79.2 Å². The number of alkyl halides is 15. The van der Waals surface area contributed by atoms with Gasteiger partial charge in [-0.1, -0.05) is 12.1 Å². The Morgan fingerprint density at radius 2 is 1.05 bits per heavy atom. The molecular formula is C16H8F17O4P. The van der Waals surface area contributed by atoms with E-state index in [4.69, 9.17) is 9.79 Å². The Morgan fingerprint density at radius 1 is 0.658 bits per heavy atom. The minimum atomic E-state index is -8.53.